The number of aromatic nitrogens is 1. The molecule has 0 saturated carbocycles. The summed E-state index contributed by atoms with van der Waals surface area (Å²) in [4.78, 5) is 14.1. The molecule has 1 aromatic rings. The van der Waals surface area contributed by atoms with Crippen LogP contribution in [0.15, 0.2) is 10.7 Å². The Labute approximate surface area is 104 Å². The first kappa shape index (κ1) is 13.3. The van der Waals surface area contributed by atoms with Crippen LogP contribution in [-0.2, 0) is 17.1 Å². The summed E-state index contributed by atoms with van der Waals surface area (Å²) in [7, 11) is 0. The minimum absolute atomic E-state index is 0.0214. The molecule has 0 bridgehead atoms. The Morgan fingerprint density at radius 3 is 2.62 bits per heavy atom. The van der Waals surface area contributed by atoms with Crippen molar-refractivity contribution >= 4 is 33.5 Å². The van der Waals surface area contributed by atoms with Gasteiger partial charge in [0, 0.05) is 16.5 Å². The van der Waals surface area contributed by atoms with Crippen LogP contribution in [0.2, 0.25) is 0 Å². The average Bonchev–Trinajstić information content (AvgIpc) is 2.16. The van der Waals surface area contributed by atoms with E-state index in [4.69, 9.17) is 16.7 Å². The number of hydrogen-bond donors (Lipinski definition) is 1. The highest BCUT2D eigenvalue weighted by molar-refractivity contribution is 9.10. The number of carboxylic acid groups (broad SMARTS) is 1. The van der Waals surface area contributed by atoms with Gasteiger partial charge in [0.25, 0.3) is 6.43 Å². The maximum Gasteiger partial charge on any atom is 0.307 e. The maximum absolute atomic E-state index is 12.6. The Bertz CT molecular complexity index is 415. The molecule has 0 saturated heterocycles. The second-order valence-corrected chi connectivity index (χ2v) is 4.07. The fraction of sp³-hybridized carbons (Fsp3) is 0.333. The normalized spacial score (nSPS) is 10.8. The molecular formula is C9H7BrClF2NO2. The van der Waals surface area contributed by atoms with Crippen molar-refractivity contribution in [2.24, 2.45) is 0 Å². The predicted octanol–water partition coefficient (Wildman–Crippen LogP) is 3.15. The van der Waals surface area contributed by atoms with Gasteiger partial charge in [-0.25, -0.2) is 8.78 Å². The van der Waals surface area contributed by atoms with E-state index in [1.807, 2.05) is 0 Å². The fourth-order valence-corrected chi connectivity index (χ4v) is 2.21. The molecule has 0 aliphatic carbocycles. The van der Waals surface area contributed by atoms with Crippen LogP contribution in [0.4, 0.5) is 8.78 Å². The Morgan fingerprint density at radius 1 is 1.56 bits per heavy atom. The van der Waals surface area contributed by atoms with Crippen molar-refractivity contribution in [1.29, 1.82) is 0 Å². The number of hydrogen-bond acceptors (Lipinski definition) is 2. The van der Waals surface area contributed by atoms with Gasteiger partial charge in [0.2, 0.25) is 0 Å². The Hall–Kier alpha value is -0.750. The molecule has 7 heteroatoms. The third-order valence-electron chi connectivity index (χ3n) is 1.95. The molecule has 1 rings (SSSR count). The Balaban J connectivity index is 3.34. The summed E-state index contributed by atoms with van der Waals surface area (Å²) < 4.78 is 25.7. The molecule has 0 spiro atoms. The monoisotopic (exact) mass is 313 g/mol. The fourth-order valence-electron chi connectivity index (χ4n) is 1.26. The molecule has 0 aliphatic heterocycles. The number of alkyl halides is 3. The average molecular weight is 315 g/mol. The smallest absolute Gasteiger partial charge is 0.307 e. The quantitative estimate of drug-likeness (QED) is 0.869. The molecule has 0 fully saturated rings. The number of aliphatic carboxylic acids is 1. The van der Waals surface area contributed by atoms with Crippen molar-refractivity contribution in [1.82, 2.24) is 4.98 Å². The lowest BCUT2D eigenvalue weighted by Gasteiger charge is -2.11. The van der Waals surface area contributed by atoms with Gasteiger partial charge in [0.15, 0.2) is 0 Å². The van der Waals surface area contributed by atoms with Crippen molar-refractivity contribution in [2.45, 2.75) is 18.7 Å². The molecule has 0 unspecified atom stereocenters. The van der Waals surface area contributed by atoms with Crippen LogP contribution in [0.25, 0.3) is 0 Å². The first-order valence-corrected chi connectivity index (χ1v) is 5.52. The topological polar surface area (TPSA) is 50.2 Å². The summed E-state index contributed by atoms with van der Waals surface area (Å²) in [5, 5.41) is 8.65. The van der Waals surface area contributed by atoms with E-state index in [9.17, 15) is 13.6 Å². The number of halogens is 4. The second-order valence-electron chi connectivity index (χ2n) is 2.95. The number of rotatable bonds is 4. The molecule has 1 aromatic heterocycles. The van der Waals surface area contributed by atoms with Gasteiger partial charge in [0.05, 0.1) is 6.42 Å². The minimum Gasteiger partial charge on any atom is -0.481 e. The van der Waals surface area contributed by atoms with E-state index in [1.165, 1.54) is 6.20 Å². The molecule has 1 heterocycles. The van der Waals surface area contributed by atoms with E-state index in [2.05, 4.69) is 20.9 Å². The van der Waals surface area contributed by atoms with E-state index in [0.717, 1.165) is 0 Å². The lowest BCUT2D eigenvalue weighted by molar-refractivity contribution is -0.136. The third-order valence-corrected chi connectivity index (χ3v) is 2.90. The molecule has 1 N–H and O–H groups in total. The highest BCUT2D eigenvalue weighted by atomic mass is 79.9. The highest BCUT2D eigenvalue weighted by Crippen LogP contribution is 2.29. The summed E-state index contributed by atoms with van der Waals surface area (Å²) in [6.45, 7) is 0. The maximum atomic E-state index is 12.6. The molecule has 0 aliphatic rings. The van der Waals surface area contributed by atoms with E-state index < -0.39 is 24.5 Å². The van der Waals surface area contributed by atoms with Crippen LogP contribution in [0.3, 0.4) is 0 Å². The van der Waals surface area contributed by atoms with Crippen molar-refractivity contribution in [2.75, 3.05) is 0 Å². The molecule has 0 amide bonds. The standard InChI is InChI=1S/C9H7BrClF2NO2/c10-6-3-14-8(9(12)13)4(1-7(15)16)5(6)2-11/h3,9H,1-2H2,(H,15,16). The first-order chi connectivity index (χ1) is 7.47. The van der Waals surface area contributed by atoms with Crippen molar-refractivity contribution in [3.63, 3.8) is 0 Å². The zero-order chi connectivity index (χ0) is 12.3. The Morgan fingerprint density at radius 2 is 2.19 bits per heavy atom. The van der Waals surface area contributed by atoms with Crippen LogP contribution >= 0.6 is 27.5 Å². The number of nitrogens with zero attached hydrogens (tertiary/aromatic N) is 1. The van der Waals surface area contributed by atoms with Gasteiger partial charge in [-0.2, -0.15) is 0 Å². The van der Waals surface area contributed by atoms with Gasteiger partial charge >= 0.3 is 5.97 Å². The molecule has 0 aromatic carbocycles. The van der Waals surface area contributed by atoms with Crippen LogP contribution in [0.1, 0.15) is 23.2 Å². The molecule has 16 heavy (non-hydrogen) atoms. The predicted molar refractivity (Wildman–Crippen MR) is 57.8 cm³/mol. The zero-order valence-corrected chi connectivity index (χ0v) is 10.2. The van der Waals surface area contributed by atoms with Gasteiger partial charge in [-0.05, 0) is 27.1 Å². The third kappa shape index (κ3) is 2.89. The van der Waals surface area contributed by atoms with Crippen LogP contribution in [0.5, 0.6) is 0 Å². The van der Waals surface area contributed by atoms with E-state index >= 15 is 0 Å². The largest absolute Gasteiger partial charge is 0.481 e. The minimum atomic E-state index is -2.82. The van der Waals surface area contributed by atoms with Gasteiger partial charge in [-0.1, -0.05) is 0 Å². The molecule has 0 atom stereocenters. The van der Waals surface area contributed by atoms with Crippen molar-refractivity contribution in [3.8, 4) is 0 Å². The van der Waals surface area contributed by atoms with Crippen molar-refractivity contribution in [3.05, 3.63) is 27.5 Å². The van der Waals surface area contributed by atoms with Crippen molar-refractivity contribution < 1.29 is 18.7 Å². The molecular weight excluding hydrogens is 307 g/mol. The summed E-state index contributed by atoms with van der Waals surface area (Å²) in [5.74, 6) is -1.25. The first-order valence-electron chi connectivity index (χ1n) is 4.19. The van der Waals surface area contributed by atoms with Gasteiger partial charge < -0.3 is 5.11 Å². The van der Waals surface area contributed by atoms with Gasteiger partial charge in [0.1, 0.15) is 5.69 Å². The summed E-state index contributed by atoms with van der Waals surface area (Å²) in [6, 6.07) is 0. The molecule has 88 valence electrons. The number of carbonyl (C=O) groups is 1. The number of pyridine rings is 1. The Kier molecular flexibility index (Phi) is 4.61. The molecule has 3 nitrogen and oxygen atoms in total. The van der Waals surface area contributed by atoms with Gasteiger partial charge in [-0.15, -0.1) is 11.6 Å². The SMILES string of the molecule is O=C(O)Cc1c(C(F)F)ncc(Br)c1CCl. The van der Waals surface area contributed by atoms with Crippen LogP contribution in [-0.4, -0.2) is 16.1 Å². The summed E-state index contributed by atoms with van der Waals surface area (Å²) >= 11 is 8.70. The lowest BCUT2D eigenvalue weighted by Crippen LogP contribution is -2.09. The van der Waals surface area contributed by atoms with Crippen LogP contribution in [0, 0.1) is 0 Å². The molecule has 0 radical (unpaired) electrons. The zero-order valence-electron chi connectivity index (χ0n) is 7.88. The van der Waals surface area contributed by atoms with Gasteiger partial charge in [-0.3, -0.25) is 9.78 Å². The summed E-state index contributed by atoms with van der Waals surface area (Å²) in [5.41, 5.74) is -0.206. The number of carboxylic acids is 1. The lowest BCUT2D eigenvalue weighted by atomic mass is 10.0. The second kappa shape index (κ2) is 5.54. The van der Waals surface area contributed by atoms with Crippen LogP contribution < -0.4 is 0 Å². The van der Waals surface area contributed by atoms with E-state index in [-0.39, 0.29) is 11.4 Å². The van der Waals surface area contributed by atoms with E-state index in [1.54, 1.807) is 0 Å². The van der Waals surface area contributed by atoms with E-state index in [0.29, 0.717) is 10.0 Å². The summed E-state index contributed by atoms with van der Waals surface area (Å²) in [6.07, 6.45) is -2.14. The highest BCUT2D eigenvalue weighted by Gasteiger charge is 2.21.